The minimum Gasteiger partial charge on any atom is -0.292 e. The Balaban J connectivity index is 1.72. The van der Waals surface area contributed by atoms with Crippen molar-refractivity contribution < 1.29 is 8.42 Å². The largest absolute Gasteiger partial charge is 0.292 e. The minimum atomic E-state index is -3.05. The van der Waals surface area contributed by atoms with Gasteiger partial charge in [-0.3, -0.25) is 4.90 Å². The highest BCUT2D eigenvalue weighted by atomic mass is 32.2. The van der Waals surface area contributed by atoms with Crippen LogP contribution >= 0.6 is 11.3 Å². The molecule has 0 aliphatic carbocycles. The molecule has 2 aliphatic heterocycles. The highest BCUT2D eigenvalue weighted by Crippen LogP contribution is 2.34. The second-order valence-corrected chi connectivity index (χ2v) is 7.90. The summed E-state index contributed by atoms with van der Waals surface area (Å²) in [6, 6.07) is 0.559. The molecular weight excluding hydrogens is 270 g/mol. The van der Waals surface area contributed by atoms with Crippen LogP contribution in [-0.2, 0) is 16.6 Å². The average molecular weight is 287 g/mol. The van der Waals surface area contributed by atoms with Crippen LogP contribution in [0.1, 0.15) is 17.8 Å². The minimum absolute atomic E-state index is 0.181. The van der Waals surface area contributed by atoms with Gasteiger partial charge in [-0.2, -0.15) is 4.31 Å². The van der Waals surface area contributed by atoms with Crippen LogP contribution in [0, 0.1) is 0 Å². The lowest BCUT2D eigenvalue weighted by atomic mass is 10.1. The number of thiazole rings is 1. The van der Waals surface area contributed by atoms with Gasteiger partial charge in [0.1, 0.15) is 5.01 Å². The molecule has 0 saturated carbocycles. The first-order valence-corrected chi connectivity index (χ1v) is 8.88. The van der Waals surface area contributed by atoms with E-state index in [0.717, 1.165) is 30.9 Å². The number of aromatic nitrogens is 1. The summed E-state index contributed by atoms with van der Waals surface area (Å²) < 4.78 is 25.1. The van der Waals surface area contributed by atoms with Gasteiger partial charge >= 0.3 is 0 Å². The summed E-state index contributed by atoms with van der Waals surface area (Å²) in [4.78, 5) is 6.69. The maximum atomic E-state index is 11.7. The molecular formula is C11H17N3O2S2. The van der Waals surface area contributed by atoms with Gasteiger partial charge in [0.15, 0.2) is 0 Å². The smallest absolute Gasteiger partial charge is 0.211 e. The Morgan fingerprint density at radius 2 is 2.17 bits per heavy atom. The fourth-order valence-corrected chi connectivity index (χ4v) is 4.96. The summed E-state index contributed by atoms with van der Waals surface area (Å²) in [6.45, 7) is 2.50. The van der Waals surface area contributed by atoms with Crippen molar-refractivity contribution in [2.45, 2.75) is 31.5 Å². The molecule has 2 fully saturated rings. The van der Waals surface area contributed by atoms with Crippen molar-refractivity contribution in [1.82, 2.24) is 14.2 Å². The van der Waals surface area contributed by atoms with Gasteiger partial charge in [-0.05, 0) is 12.8 Å². The van der Waals surface area contributed by atoms with E-state index in [1.165, 1.54) is 6.26 Å². The first-order chi connectivity index (χ1) is 8.55. The molecule has 3 heterocycles. The Morgan fingerprint density at radius 3 is 2.83 bits per heavy atom. The van der Waals surface area contributed by atoms with E-state index in [0.29, 0.717) is 12.6 Å². The molecule has 0 aromatic carbocycles. The Bertz CT molecular complexity index is 514. The predicted molar refractivity (Wildman–Crippen MR) is 70.9 cm³/mol. The normalized spacial score (nSPS) is 29.8. The van der Waals surface area contributed by atoms with Gasteiger partial charge in [0, 0.05) is 36.8 Å². The Morgan fingerprint density at radius 1 is 1.39 bits per heavy atom. The standard InChI is InChI=1S/C11H17N3O2S2/c1-18(15,16)14-6-3-9-10(14)2-5-13(9)8-11-12-4-7-17-11/h4,7,9-10H,2-3,5-6,8H2,1H3/t9-,10+/m1/s1. The summed E-state index contributed by atoms with van der Waals surface area (Å²) in [5.74, 6) is 0. The number of sulfonamides is 1. The molecule has 5 nitrogen and oxygen atoms in total. The van der Waals surface area contributed by atoms with Gasteiger partial charge in [0.2, 0.25) is 10.0 Å². The van der Waals surface area contributed by atoms with E-state index in [4.69, 9.17) is 0 Å². The second-order valence-electron chi connectivity index (χ2n) is 4.98. The maximum absolute atomic E-state index is 11.7. The van der Waals surface area contributed by atoms with Crippen molar-refractivity contribution in [3.63, 3.8) is 0 Å². The number of hydrogen-bond donors (Lipinski definition) is 0. The van der Waals surface area contributed by atoms with Crippen LogP contribution in [0.25, 0.3) is 0 Å². The van der Waals surface area contributed by atoms with E-state index in [1.807, 2.05) is 11.6 Å². The van der Waals surface area contributed by atoms with Crippen molar-refractivity contribution >= 4 is 21.4 Å². The highest BCUT2D eigenvalue weighted by Gasteiger charge is 2.45. The van der Waals surface area contributed by atoms with E-state index >= 15 is 0 Å². The molecule has 7 heteroatoms. The summed E-state index contributed by atoms with van der Waals surface area (Å²) in [6.07, 6.45) is 5.04. The van der Waals surface area contributed by atoms with Crippen LogP contribution < -0.4 is 0 Å². The fraction of sp³-hybridized carbons (Fsp3) is 0.727. The number of rotatable bonds is 3. The molecule has 2 atom stereocenters. The third-order valence-electron chi connectivity index (χ3n) is 3.89. The molecule has 2 saturated heterocycles. The van der Waals surface area contributed by atoms with Crippen LogP contribution in [0.5, 0.6) is 0 Å². The fourth-order valence-electron chi connectivity index (χ4n) is 3.15. The topological polar surface area (TPSA) is 53.5 Å². The molecule has 1 aromatic heterocycles. The molecule has 100 valence electrons. The lowest BCUT2D eigenvalue weighted by Crippen LogP contribution is -2.38. The second kappa shape index (κ2) is 4.56. The summed E-state index contributed by atoms with van der Waals surface area (Å²) in [5.41, 5.74) is 0. The van der Waals surface area contributed by atoms with Crippen LogP contribution in [0.3, 0.4) is 0 Å². The van der Waals surface area contributed by atoms with E-state index in [-0.39, 0.29) is 6.04 Å². The molecule has 0 spiro atoms. The van der Waals surface area contributed by atoms with Crippen LogP contribution in [0.2, 0.25) is 0 Å². The quantitative estimate of drug-likeness (QED) is 0.823. The average Bonchev–Trinajstić information content (AvgIpc) is 2.95. The van der Waals surface area contributed by atoms with Gasteiger partial charge in [-0.1, -0.05) is 0 Å². The number of nitrogens with zero attached hydrogens (tertiary/aromatic N) is 3. The molecule has 0 N–H and O–H groups in total. The lowest BCUT2D eigenvalue weighted by Gasteiger charge is -2.23. The predicted octanol–water partition coefficient (Wildman–Crippen LogP) is 0.751. The van der Waals surface area contributed by atoms with Crippen LogP contribution in [0.15, 0.2) is 11.6 Å². The van der Waals surface area contributed by atoms with E-state index < -0.39 is 10.0 Å². The zero-order chi connectivity index (χ0) is 12.8. The molecule has 1 aromatic rings. The molecule has 0 unspecified atom stereocenters. The summed E-state index contributed by atoms with van der Waals surface area (Å²) >= 11 is 1.67. The Hall–Kier alpha value is -0.500. The maximum Gasteiger partial charge on any atom is 0.211 e. The molecule has 0 radical (unpaired) electrons. The zero-order valence-electron chi connectivity index (χ0n) is 10.3. The summed E-state index contributed by atoms with van der Waals surface area (Å²) in [7, 11) is -3.05. The van der Waals surface area contributed by atoms with Gasteiger partial charge in [0.05, 0.1) is 12.8 Å². The van der Waals surface area contributed by atoms with Gasteiger partial charge < -0.3 is 0 Å². The van der Waals surface area contributed by atoms with Crippen molar-refractivity contribution in [3.8, 4) is 0 Å². The van der Waals surface area contributed by atoms with E-state index in [2.05, 4.69) is 9.88 Å². The zero-order valence-corrected chi connectivity index (χ0v) is 12.0. The molecule has 2 aliphatic rings. The molecule has 0 bridgehead atoms. The lowest BCUT2D eigenvalue weighted by molar-refractivity contribution is 0.240. The first kappa shape index (κ1) is 12.5. The van der Waals surface area contributed by atoms with Crippen molar-refractivity contribution in [2.75, 3.05) is 19.3 Å². The van der Waals surface area contributed by atoms with Crippen molar-refractivity contribution in [2.24, 2.45) is 0 Å². The van der Waals surface area contributed by atoms with E-state index in [9.17, 15) is 8.42 Å². The van der Waals surface area contributed by atoms with Crippen LogP contribution in [0.4, 0.5) is 0 Å². The Labute approximate surface area is 111 Å². The van der Waals surface area contributed by atoms with Crippen molar-refractivity contribution in [3.05, 3.63) is 16.6 Å². The van der Waals surface area contributed by atoms with Gasteiger partial charge in [-0.15, -0.1) is 11.3 Å². The van der Waals surface area contributed by atoms with Gasteiger partial charge in [-0.25, -0.2) is 13.4 Å². The van der Waals surface area contributed by atoms with Crippen LogP contribution in [-0.4, -0.2) is 54.0 Å². The highest BCUT2D eigenvalue weighted by molar-refractivity contribution is 7.88. The third kappa shape index (κ3) is 2.20. The molecule has 3 rings (SSSR count). The number of likely N-dealkylation sites (tertiary alicyclic amines) is 1. The summed E-state index contributed by atoms with van der Waals surface area (Å²) in [5, 5.41) is 3.11. The third-order valence-corrected chi connectivity index (χ3v) is 5.96. The van der Waals surface area contributed by atoms with Crippen molar-refractivity contribution in [1.29, 1.82) is 0 Å². The van der Waals surface area contributed by atoms with Gasteiger partial charge in [0.25, 0.3) is 0 Å². The number of fused-ring (bicyclic) bond motifs is 1. The molecule has 0 amide bonds. The Kier molecular flexibility index (Phi) is 3.17. The number of hydrogen-bond acceptors (Lipinski definition) is 5. The first-order valence-electron chi connectivity index (χ1n) is 6.15. The monoisotopic (exact) mass is 287 g/mol. The van der Waals surface area contributed by atoms with E-state index in [1.54, 1.807) is 15.6 Å². The molecule has 18 heavy (non-hydrogen) atoms. The SMILES string of the molecule is CS(=O)(=O)N1CC[C@@H]2[C@@H]1CCN2Cc1nccs1.